The summed E-state index contributed by atoms with van der Waals surface area (Å²) in [6, 6.07) is 9.84. The maximum absolute atomic E-state index is 13.4. The molecule has 0 aromatic heterocycles. The summed E-state index contributed by atoms with van der Waals surface area (Å²) >= 11 is 0. The fourth-order valence-corrected chi connectivity index (χ4v) is 2.54. The standard InChI is InChI=1S/C20H22FNO4/c1-12(2)26-17-7-5-4-6-14(17)11-18(23)22-19(20(24)25)15-8-9-16(21)13(3)10-15/h4-10,12,19H,11H2,1-3H3,(H,22,23)(H,24,25). The van der Waals surface area contributed by atoms with Crippen LogP contribution in [0.5, 0.6) is 5.75 Å². The predicted octanol–water partition coefficient (Wildman–Crippen LogP) is 3.41. The maximum atomic E-state index is 13.4. The summed E-state index contributed by atoms with van der Waals surface area (Å²) in [5.41, 5.74) is 1.30. The average molecular weight is 359 g/mol. The quantitative estimate of drug-likeness (QED) is 0.794. The van der Waals surface area contributed by atoms with Gasteiger partial charge in [0, 0.05) is 5.56 Å². The molecule has 26 heavy (non-hydrogen) atoms. The molecule has 138 valence electrons. The summed E-state index contributed by atoms with van der Waals surface area (Å²) in [7, 11) is 0. The van der Waals surface area contributed by atoms with Crippen LogP contribution in [0.25, 0.3) is 0 Å². The molecule has 0 aliphatic rings. The van der Waals surface area contributed by atoms with Crippen LogP contribution in [-0.4, -0.2) is 23.1 Å². The normalized spacial score (nSPS) is 11.9. The maximum Gasteiger partial charge on any atom is 0.330 e. The van der Waals surface area contributed by atoms with Crippen LogP contribution in [-0.2, 0) is 16.0 Å². The van der Waals surface area contributed by atoms with Crippen LogP contribution in [0.2, 0.25) is 0 Å². The number of hydrogen-bond acceptors (Lipinski definition) is 3. The van der Waals surface area contributed by atoms with Crippen molar-refractivity contribution in [2.45, 2.75) is 39.3 Å². The number of carboxylic acids is 1. The summed E-state index contributed by atoms with van der Waals surface area (Å²) in [5.74, 6) is -1.51. The zero-order valence-electron chi connectivity index (χ0n) is 15.0. The minimum absolute atomic E-state index is 0.0210. The Hall–Kier alpha value is -2.89. The Bertz CT molecular complexity index is 804. The summed E-state index contributed by atoms with van der Waals surface area (Å²) < 4.78 is 19.1. The number of carbonyl (C=O) groups excluding carboxylic acids is 1. The van der Waals surface area contributed by atoms with Crippen LogP contribution in [0, 0.1) is 12.7 Å². The van der Waals surface area contributed by atoms with E-state index >= 15 is 0 Å². The number of hydrogen-bond donors (Lipinski definition) is 2. The van der Waals surface area contributed by atoms with Gasteiger partial charge in [-0.2, -0.15) is 0 Å². The first-order valence-electron chi connectivity index (χ1n) is 8.30. The molecule has 0 heterocycles. The second-order valence-corrected chi connectivity index (χ2v) is 6.30. The van der Waals surface area contributed by atoms with E-state index < -0.39 is 23.7 Å². The van der Waals surface area contributed by atoms with E-state index in [0.717, 1.165) is 0 Å². The number of amides is 1. The van der Waals surface area contributed by atoms with Gasteiger partial charge >= 0.3 is 5.97 Å². The van der Waals surface area contributed by atoms with Gasteiger partial charge in [-0.05, 0) is 44.0 Å². The highest BCUT2D eigenvalue weighted by molar-refractivity contribution is 5.86. The summed E-state index contributed by atoms with van der Waals surface area (Å²) in [5, 5.41) is 11.9. The van der Waals surface area contributed by atoms with Crippen molar-refractivity contribution in [2.24, 2.45) is 0 Å². The van der Waals surface area contributed by atoms with Gasteiger partial charge in [0.05, 0.1) is 12.5 Å². The Morgan fingerprint density at radius 2 is 1.88 bits per heavy atom. The van der Waals surface area contributed by atoms with E-state index in [1.54, 1.807) is 31.2 Å². The van der Waals surface area contributed by atoms with E-state index in [-0.39, 0.29) is 12.5 Å². The number of aryl methyl sites for hydroxylation is 1. The number of halogens is 1. The van der Waals surface area contributed by atoms with Gasteiger partial charge in [0.2, 0.25) is 5.91 Å². The molecule has 1 atom stereocenters. The van der Waals surface area contributed by atoms with E-state index in [9.17, 15) is 19.1 Å². The van der Waals surface area contributed by atoms with Crippen LogP contribution in [0.4, 0.5) is 4.39 Å². The SMILES string of the molecule is Cc1cc(C(NC(=O)Cc2ccccc2OC(C)C)C(=O)O)ccc1F. The highest BCUT2D eigenvalue weighted by Gasteiger charge is 2.23. The largest absolute Gasteiger partial charge is 0.491 e. The number of benzene rings is 2. The fraction of sp³-hybridized carbons (Fsp3) is 0.300. The summed E-state index contributed by atoms with van der Waals surface area (Å²) in [4.78, 5) is 23.9. The molecule has 1 amide bonds. The summed E-state index contributed by atoms with van der Waals surface area (Å²) in [6.45, 7) is 5.31. The lowest BCUT2D eigenvalue weighted by atomic mass is 10.0. The molecule has 0 aliphatic heterocycles. The lowest BCUT2D eigenvalue weighted by Gasteiger charge is -2.17. The van der Waals surface area contributed by atoms with Crippen molar-refractivity contribution in [3.05, 3.63) is 65.0 Å². The van der Waals surface area contributed by atoms with Crippen molar-refractivity contribution in [1.29, 1.82) is 0 Å². The van der Waals surface area contributed by atoms with Gasteiger partial charge in [0.1, 0.15) is 11.6 Å². The Morgan fingerprint density at radius 1 is 1.19 bits per heavy atom. The first-order chi connectivity index (χ1) is 12.3. The highest BCUT2D eigenvalue weighted by Crippen LogP contribution is 2.21. The van der Waals surface area contributed by atoms with Crippen molar-refractivity contribution >= 4 is 11.9 Å². The van der Waals surface area contributed by atoms with Gasteiger partial charge in [0.15, 0.2) is 6.04 Å². The van der Waals surface area contributed by atoms with Gasteiger partial charge in [-0.15, -0.1) is 0 Å². The van der Waals surface area contributed by atoms with E-state index in [2.05, 4.69) is 5.32 Å². The molecule has 0 bridgehead atoms. The van der Waals surface area contributed by atoms with E-state index in [4.69, 9.17) is 4.74 Å². The van der Waals surface area contributed by atoms with Crippen molar-refractivity contribution in [2.75, 3.05) is 0 Å². The predicted molar refractivity (Wildman–Crippen MR) is 95.6 cm³/mol. The van der Waals surface area contributed by atoms with Gasteiger partial charge in [-0.25, -0.2) is 9.18 Å². The van der Waals surface area contributed by atoms with Crippen molar-refractivity contribution < 1.29 is 23.8 Å². The van der Waals surface area contributed by atoms with Gasteiger partial charge in [-0.3, -0.25) is 4.79 Å². The molecule has 2 aromatic carbocycles. The molecule has 0 saturated carbocycles. The molecule has 0 fully saturated rings. The Kier molecular flexibility index (Phi) is 6.33. The number of carbonyl (C=O) groups is 2. The molecule has 0 saturated heterocycles. The molecule has 2 N–H and O–H groups in total. The Morgan fingerprint density at radius 3 is 2.50 bits per heavy atom. The number of aliphatic carboxylic acids is 1. The molecule has 6 heteroatoms. The molecule has 0 aliphatic carbocycles. The molecule has 1 unspecified atom stereocenters. The van der Waals surface area contributed by atoms with Crippen molar-refractivity contribution in [3.63, 3.8) is 0 Å². The zero-order valence-corrected chi connectivity index (χ0v) is 15.0. The fourth-order valence-electron chi connectivity index (χ4n) is 2.54. The molecular formula is C20H22FNO4. The molecular weight excluding hydrogens is 337 g/mol. The van der Waals surface area contributed by atoms with Crippen LogP contribution in [0.15, 0.2) is 42.5 Å². The number of para-hydroxylation sites is 1. The van der Waals surface area contributed by atoms with Crippen molar-refractivity contribution in [1.82, 2.24) is 5.32 Å². The molecule has 2 aromatic rings. The first-order valence-corrected chi connectivity index (χ1v) is 8.30. The van der Waals surface area contributed by atoms with Crippen LogP contribution in [0.1, 0.15) is 36.6 Å². The van der Waals surface area contributed by atoms with E-state index in [0.29, 0.717) is 22.4 Å². The smallest absolute Gasteiger partial charge is 0.330 e. The molecule has 0 spiro atoms. The minimum atomic E-state index is -1.25. The minimum Gasteiger partial charge on any atom is -0.491 e. The van der Waals surface area contributed by atoms with Crippen LogP contribution >= 0.6 is 0 Å². The Labute approximate surface area is 151 Å². The van der Waals surface area contributed by atoms with Gasteiger partial charge in [0.25, 0.3) is 0 Å². The molecule has 0 radical (unpaired) electrons. The summed E-state index contributed by atoms with van der Waals surface area (Å²) in [6.07, 6.45) is -0.0690. The highest BCUT2D eigenvalue weighted by atomic mass is 19.1. The number of nitrogens with one attached hydrogen (secondary N) is 1. The number of rotatable bonds is 7. The molecule has 2 rings (SSSR count). The lowest BCUT2D eigenvalue weighted by Crippen LogP contribution is -2.34. The lowest BCUT2D eigenvalue weighted by molar-refractivity contribution is -0.142. The topological polar surface area (TPSA) is 75.6 Å². The molecule has 5 nitrogen and oxygen atoms in total. The van der Waals surface area contributed by atoms with Gasteiger partial charge < -0.3 is 15.2 Å². The third-order valence-corrected chi connectivity index (χ3v) is 3.75. The Balaban J connectivity index is 2.16. The third kappa shape index (κ3) is 5.05. The average Bonchev–Trinajstić information content (AvgIpc) is 2.56. The monoisotopic (exact) mass is 359 g/mol. The number of ether oxygens (including phenoxy) is 1. The van der Waals surface area contributed by atoms with Crippen LogP contribution < -0.4 is 10.1 Å². The first kappa shape index (κ1) is 19.4. The third-order valence-electron chi connectivity index (χ3n) is 3.75. The van der Waals surface area contributed by atoms with Gasteiger partial charge in [-0.1, -0.05) is 30.3 Å². The van der Waals surface area contributed by atoms with Crippen molar-refractivity contribution in [3.8, 4) is 5.75 Å². The second kappa shape index (κ2) is 8.47. The van der Waals surface area contributed by atoms with Crippen LogP contribution in [0.3, 0.4) is 0 Å². The second-order valence-electron chi connectivity index (χ2n) is 6.30. The van der Waals surface area contributed by atoms with E-state index in [1.807, 2.05) is 13.8 Å². The zero-order chi connectivity index (χ0) is 19.3. The number of carboxylic acid groups (broad SMARTS) is 1. The van der Waals surface area contributed by atoms with E-state index in [1.165, 1.54) is 18.2 Å².